The lowest BCUT2D eigenvalue weighted by atomic mass is 9.87. The lowest BCUT2D eigenvalue weighted by Gasteiger charge is -2.29. The van der Waals surface area contributed by atoms with Gasteiger partial charge >= 0.3 is 0 Å². The molecule has 1 heterocycles. The Morgan fingerprint density at radius 1 is 0.944 bits per heavy atom. The number of hydrogen-bond donors (Lipinski definition) is 1. The van der Waals surface area contributed by atoms with Crippen molar-refractivity contribution in [1.82, 2.24) is 10.2 Å². The maximum atomic E-state index is 3.79. The second kappa shape index (κ2) is 8.16. The zero-order valence-electron chi connectivity index (χ0n) is 12.3. The molecule has 2 heteroatoms. The molecule has 2 aliphatic rings. The highest BCUT2D eigenvalue weighted by molar-refractivity contribution is 4.76. The summed E-state index contributed by atoms with van der Waals surface area (Å²) in [5, 5.41) is 3.79. The molecule has 106 valence electrons. The topological polar surface area (TPSA) is 15.3 Å². The fourth-order valence-corrected chi connectivity index (χ4v) is 3.58. The van der Waals surface area contributed by atoms with E-state index in [1.54, 1.807) is 0 Å². The molecule has 2 rings (SSSR count). The highest BCUT2D eigenvalue weighted by Crippen LogP contribution is 2.23. The first kappa shape index (κ1) is 14.3. The molecule has 0 aromatic rings. The van der Waals surface area contributed by atoms with E-state index in [1.807, 2.05) is 0 Å². The van der Waals surface area contributed by atoms with E-state index in [0.717, 1.165) is 12.0 Å². The van der Waals surface area contributed by atoms with Gasteiger partial charge in [-0.1, -0.05) is 39.0 Å². The van der Waals surface area contributed by atoms with Gasteiger partial charge < -0.3 is 10.2 Å². The summed E-state index contributed by atoms with van der Waals surface area (Å²) in [6.45, 7) is 7.56. The summed E-state index contributed by atoms with van der Waals surface area (Å²) >= 11 is 0. The summed E-state index contributed by atoms with van der Waals surface area (Å²) in [4.78, 5) is 2.68. The third kappa shape index (κ3) is 5.27. The van der Waals surface area contributed by atoms with Crippen LogP contribution in [0.2, 0.25) is 0 Å². The smallest absolute Gasteiger partial charge is 0.0107 e. The fraction of sp³-hybridized carbons (Fsp3) is 1.00. The molecule has 1 saturated heterocycles. The monoisotopic (exact) mass is 252 g/mol. The van der Waals surface area contributed by atoms with Crippen LogP contribution in [0.1, 0.15) is 64.7 Å². The van der Waals surface area contributed by atoms with Crippen molar-refractivity contribution in [3.63, 3.8) is 0 Å². The van der Waals surface area contributed by atoms with Gasteiger partial charge in [-0.3, -0.25) is 0 Å². The highest BCUT2D eigenvalue weighted by Gasteiger charge is 2.18. The van der Waals surface area contributed by atoms with Crippen molar-refractivity contribution >= 4 is 0 Å². The van der Waals surface area contributed by atoms with Crippen molar-refractivity contribution in [1.29, 1.82) is 0 Å². The Labute approximate surface area is 114 Å². The molecule has 0 aromatic heterocycles. The Bertz CT molecular complexity index is 209. The minimum atomic E-state index is 0.809. The number of nitrogens with zero attached hydrogens (tertiary/aromatic N) is 1. The summed E-state index contributed by atoms with van der Waals surface area (Å²) < 4.78 is 0. The van der Waals surface area contributed by atoms with Gasteiger partial charge in [-0.05, 0) is 44.7 Å². The number of hydrogen-bond acceptors (Lipinski definition) is 2. The summed E-state index contributed by atoms with van der Waals surface area (Å²) in [5.41, 5.74) is 0. The number of nitrogens with one attached hydrogen (secondary N) is 1. The first-order chi connectivity index (χ1) is 8.84. The van der Waals surface area contributed by atoms with Crippen LogP contribution in [0, 0.1) is 5.92 Å². The van der Waals surface area contributed by atoms with Gasteiger partial charge in [0.1, 0.15) is 0 Å². The molecule has 0 spiro atoms. The second-order valence-corrected chi connectivity index (χ2v) is 6.53. The zero-order valence-corrected chi connectivity index (χ0v) is 12.3. The van der Waals surface area contributed by atoms with Crippen molar-refractivity contribution in [3.8, 4) is 0 Å². The van der Waals surface area contributed by atoms with Gasteiger partial charge in [0.05, 0.1) is 0 Å². The minimum Gasteiger partial charge on any atom is -0.313 e. The second-order valence-electron chi connectivity index (χ2n) is 6.53. The Morgan fingerprint density at radius 3 is 2.39 bits per heavy atom. The van der Waals surface area contributed by atoms with Crippen LogP contribution in [0.4, 0.5) is 0 Å². The van der Waals surface area contributed by atoms with Crippen LogP contribution >= 0.6 is 0 Å². The molecule has 1 saturated carbocycles. The molecule has 18 heavy (non-hydrogen) atoms. The van der Waals surface area contributed by atoms with E-state index in [0.29, 0.717) is 0 Å². The van der Waals surface area contributed by atoms with Crippen molar-refractivity contribution in [2.24, 2.45) is 5.92 Å². The molecule has 2 atom stereocenters. The summed E-state index contributed by atoms with van der Waals surface area (Å²) in [6.07, 6.45) is 12.9. The standard InChI is InChI=1S/C16H32N2/c1-15-8-7-9-16(14-15)17-10-13-18-11-5-3-2-4-6-12-18/h15-17H,2-14H2,1H3. The van der Waals surface area contributed by atoms with Crippen LogP contribution < -0.4 is 5.32 Å². The number of likely N-dealkylation sites (tertiary alicyclic amines) is 1. The molecule has 1 aliphatic carbocycles. The van der Waals surface area contributed by atoms with E-state index < -0.39 is 0 Å². The van der Waals surface area contributed by atoms with Crippen LogP contribution in [-0.4, -0.2) is 37.1 Å². The number of rotatable bonds is 4. The Balaban J connectivity index is 1.58. The molecular formula is C16H32N2. The third-order valence-electron chi connectivity index (χ3n) is 4.75. The van der Waals surface area contributed by atoms with Gasteiger partial charge in [-0.15, -0.1) is 0 Å². The molecule has 0 radical (unpaired) electrons. The average molecular weight is 252 g/mol. The largest absolute Gasteiger partial charge is 0.313 e. The lowest BCUT2D eigenvalue weighted by molar-refractivity contribution is 0.233. The average Bonchev–Trinajstić information content (AvgIpc) is 2.32. The van der Waals surface area contributed by atoms with E-state index in [4.69, 9.17) is 0 Å². The van der Waals surface area contributed by atoms with Gasteiger partial charge in [-0.25, -0.2) is 0 Å². The van der Waals surface area contributed by atoms with Crippen molar-refractivity contribution in [2.45, 2.75) is 70.8 Å². The lowest BCUT2D eigenvalue weighted by Crippen LogP contribution is -2.40. The Kier molecular flexibility index (Phi) is 6.50. The molecule has 0 amide bonds. The van der Waals surface area contributed by atoms with Crippen molar-refractivity contribution in [2.75, 3.05) is 26.2 Å². The van der Waals surface area contributed by atoms with E-state index in [9.17, 15) is 0 Å². The zero-order chi connectivity index (χ0) is 12.6. The maximum absolute atomic E-state index is 3.79. The van der Waals surface area contributed by atoms with Gasteiger partial charge in [0, 0.05) is 19.1 Å². The molecule has 1 aliphatic heterocycles. The molecule has 0 aromatic carbocycles. The normalized spacial score (nSPS) is 31.8. The first-order valence-corrected chi connectivity index (χ1v) is 8.30. The Hall–Kier alpha value is -0.0800. The molecule has 2 nitrogen and oxygen atoms in total. The summed E-state index contributed by atoms with van der Waals surface area (Å²) in [7, 11) is 0. The highest BCUT2D eigenvalue weighted by atomic mass is 15.1. The van der Waals surface area contributed by atoms with Crippen LogP contribution in [0.3, 0.4) is 0 Å². The van der Waals surface area contributed by atoms with Gasteiger partial charge in [0.2, 0.25) is 0 Å². The van der Waals surface area contributed by atoms with Crippen LogP contribution in [0.15, 0.2) is 0 Å². The maximum Gasteiger partial charge on any atom is 0.0107 e. The SMILES string of the molecule is CC1CCCC(NCCN2CCCCCCC2)C1. The molecule has 1 N–H and O–H groups in total. The van der Waals surface area contributed by atoms with Crippen LogP contribution in [0.5, 0.6) is 0 Å². The Morgan fingerprint density at radius 2 is 1.67 bits per heavy atom. The third-order valence-corrected chi connectivity index (χ3v) is 4.75. The predicted molar refractivity (Wildman–Crippen MR) is 78.9 cm³/mol. The summed E-state index contributed by atoms with van der Waals surface area (Å²) in [6, 6.07) is 0.809. The molecule has 0 bridgehead atoms. The molecular weight excluding hydrogens is 220 g/mol. The van der Waals surface area contributed by atoms with E-state index >= 15 is 0 Å². The molecule has 2 fully saturated rings. The van der Waals surface area contributed by atoms with Gasteiger partial charge in [0.25, 0.3) is 0 Å². The van der Waals surface area contributed by atoms with Crippen molar-refractivity contribution in [3.05, 3.63) is 0 Å². The summed E-state index contributed by atoms with van der Waals surface area (Å²) in [5.74, 6) is 0.943. The van der Waals surface area contributed by atoms with Crippen LogP contribution in [-0.2, 0) is 0 Å². The van der Waals surface area contributed by atoms with Crippen molar-refractivity contribution < 1.29 is 0 Å². The van der Waals surface area contributed by atoms with Gasteiger partial charge in [-0.2, -0.15) is 0 Å². The predicted octanol–water partition coefficient (Wildman–Crippen LogP) is 3.42. The van der Waals surface area contributed by atoms with Gasteiger partial charge in [0.15, 0.2) is 0 Å². The minimum absolute atomic E-state index is 0.809. The quantitative estimate of drug-likeness (QED) is 0.825. The fourth-order valence-electron chi connectivity index (χ4n) is 3.58. The first-order valence-electron chi connectivity index (χ1n) is 8.30. The molecule has 2 unspecified atom stereocenters. The van der Waals surface area contributed by atoms with Crippen LogP contribution in [0.25, 0.3) is 0 Å². The van der Waals surface area contributed by atoms with E-state index in [1.165, 1.54) is 84.0 Å². The van der Waals surface area contributed by atoms with E-state index in [-0.39, 0.29) is 0 Å². The van der Waals surface area contributed by atoms with E-state index in [2.05, 4.69) is 17.1 Å².